The molecule has 0 unspecified atom stereocenters. The molecule has 2 rings (SSSR count). The summed E-state index contributed by atoms with van der Waals surface area (Å²) in [6.07, 6.45) is 6.57. The molecule has 0 atom stereocenters. The van der Waals surface area contributed by atoms with Gasteiger partial charge in [0.1, 0.15) is 4.88 Å². The first-order valence-corrected chi connectivity index (χ1v) is 7.02. The first-order chi connectivity index (χ1) is 9.13. The average molecular weight is 293 g/mol. The molecule has 0 aliphatic heterocycles. The molecule has 5 heteroatoms. The van der Waals surface area contributed by atoms with Gasteiger partial charge in [-0.05, 0) is 24.6 Å². The van der Waals surface area contributed by atoms with Crippen LogP contribution in [-0.4, -0.2) is 12.5 Å². The molecule has 19 heavy (non-hydrogen) atoms. The monoisotopic (exact) mass is 292 g/mol. The number of rotatable bonds is 4. The molecule has 0 saturated carbocycles. The predicted molar refractivity (Wildman–Crippen MR) is 81.6 cm³/mol. The van der Waals surface area contributed by atoms with Gasteiger partial charge < -0.3 is 11.1 Å². The number of nitrogens with one attached hydrogen (secondary N) is 1. The number of nitrogens with two attached hydrogens (primary N) is 1. The highest BCUT2D eigenvalue weighted by Crippen LogP contribution is 2.35. The van der Waals surface area contributed by atoms with Crippen LogP contribution in [0.5, 0.6) is 0 Å². The highest BCUT2D eigenvalue weighted by Gasteiger charge is 2.15. The van der Waals surface area contributed by atoms with E-state index in [1.165, 1.54) is 11.3 Å². The molecule has 0 aliphatic rings. The molecular formula is C14H13ClN2OS. The zero-order chi connectivity index (χ0) is 13.8. The van der Waals surface area contributed by atoms with E-state index in [1.807, 2.05) is 6.07 Å². The van der Waals surface area contributed by atoms with Crippen LogP contribution in [0, 0.1) is 12.3 Å². The zero-order valence-electron chi connectivity index (χ0n) is 10.2. The van der Waals surface area contributed by atoms with Crippen molar-refractivity contribution in [3.05, 3.63) is 28.1 Å². The summed E-state index contributed by atoms with van der Waals surface area (Å²) in [5.41, 5.74) is 6.48. The summed E-state index contributed by atoms with van der Waals surface area (Å²) in [5, 5.41) is 4.25. The van der Waals surface area contributed by atoms with E-state index in [2.05, 4.69) is 11.2 Å². The molecule has 0 fully saturated rings. The topological polar surface area (TPSA) is 55.1 Å². The molecule has 0 saturated heterocycles. The smallest absolute Gasteiger partial charge is 0.263 e. The fourth-order valence-corrected chi connectivity index (χ4v) is 2.92. The van der Waals surface area contributed by atoms with Gasteiger partial charge >= 0.3 is 0 Å². The van der Waals surface area contributed by atoms with Crippen LogP contribution in [0.3, 0.4) is 0 Å². The molecule has 0 spiro atoms. The lowest BCUT2D eigenvalue weighted by Gasteiger charge is -2.02. The van der Waals surface area contributed by atoms with Crippen molar-refractivity contribution >= 4 is 44.6 Å². The highest BCUT2D eigenvalue weighted by atomic mass is 35.5. The number of nitrogen functional groups attached to an aromatic ring is 1. The van der Waals surface area contributed by atoms with Crippen molar-refractivity contribution in [3.63, 3.8) is 0 Å². The minimum absolute atomic E-state index is 0.160. The van der Waals surface area contributed by atoms with Gasteiger partial charge in [-0.1, -0.05) is 11.6 Å². The first-order valence-electron chi connectivity index (χ1n) is 5.82. The molecule has 98 valence electrons. The number of hydrogen-bond acceptors (Lipinski definition) is 3. The van der Waals surface area contributed by atoms with E-state index >= 15 is 0 Å². The Kier molecular flexibility index (Phi) is 4.31. The van der Waals surface area contributed by atoms with Crippen molar-refractivity contribution in [3.8, 4) is 12.3 Å². The summed E-state index contributed by atoms with van der Waals surface area (Å²) in [5.74, 6) is 2.37. The van der Waals surface area contributed by atoms with Crippen LogP contribution in [0.1, 0.15) is 22.5 Å². The number of unbranched alkanes of at least 4 members (excludes halogenated alkanes) is 1. The van der Waals surface area contributed by atoms with Gasteiger partial charge in [0.25, 0.3) is 5.91 Å². The third-order valence-corrected chi connectivity index (χ3v) is 4.10. The van der Waals surface area contributed by atoms with Crippen LogP contribution in [-0.2, 0) is 0 Å². The molecular weight excluding hydrogens is 280 g/mol. The molecule has 1 aromatic carbocycles. The van der Waals surface area contributed by atoms with Crippen molar-refractivity contribution < 1.29 is 4.79 Å². The Bertz CT molecular complexity index is 657. The van der Waals surface area contributed by atoms with Crippen LogP contribution >= 0.6 is 22.9 Å². The summed E-state index contributed by atoms with van der Waals surface area (Å²) in [4.78, 5) is 12.5. The molecule has 0 bridgehead atoms. The van der Waals surface area contributed by atoms with Crippen LogP contribution in [0.2, 0.25) is 5.02 Å². The maximum atomic E-state index is 12.0. The van der Waals surface area contributed by atoms with Gasteiger partial charge in [-0.25, -0.2) is 0 Å². The molecule has 3 N–H and O–H groups in total. The third kappa shape index (κ3) is 3.01. The average Bonchev–Trinajstić information content (AvgIpc) is 2.72. The standard InChI is InChI=1S/C14H13ClN2OS/c1-2-3-4-7-17-14(18)13-12(16)10-8-9(15)5-6-11(10)19-13/h1,5-6,8H,3-4,7,16H2,(H,17,18). The number of thiophene rings is 1. The van der Waals surface area contributed by atoms with Crippen molar-refractivity contribution in [2.45, 2.75) is 12.8 Å². The lowest BCUT2D eigenvalue weighted by atomic mass is 10.2. The minimum atomic E-state index is -0.160. The Hall–Kier alpha value is -1.70. The highest BCUT2D eigenvalue weighted by molar-refractivity contribution is 7.21. The van der Waals surface area contributed by atoms with Crippen molar-refractivity contribution in [2.24, 2.45) is 0 Å². The van der Waals surface area contributed by atoms with Gasteiger partial charge in [0.2, 0.25) is 0 Å². The number of halogens is 1. The second-order valence-corrected chi connectivity index (χ2v) is 5.54. The van der Waals surface area contributed by atoms with Gasteiger partial charge in [-0.15, -0.1) is 23.7 Å². The fraction of sp³-hybridized carbons (Fsp3) is 0.214. The number of terminal acetylenes is 1. The summed E-state index contributed by atoms with van der Waals surface area (Å²) in [7, 11) is 0. The predicted octanol–water partition coefficient (Wildman–Crippen LogP) is 3.28. The van der Waals surface area contributed by atoms with Gasteiger partial charge in [0, 0.05) is 28.1 Å². The third-order valence-electron chi connectivity index (χ3n) is 2.68. The van der Waals surface area contributed by atoms with Crippen LogP contribution in [0.15, 0.2) is 18.2 Å². The Labute approximate surface area is 120 Å². The van der Waals surface area contributed by atoms with E-state index in [0.717, 1.165) is 16.5 Å². The Morgan fingerprint density at radius 1 is 1.53 bits per heavy atom. The summed E-state index contributed by atoms with van der Waals surface area (Å²) >= 11 is 7.30. The van der Waals surface area contributed by atoms with E-state index in [1.54, 1.807) is 12.1 Å². The zero-order valence-corrected chi connectivity index (χ0v) is 11.8. The lowest BCUT2D eigenvalue weighted by Crippen LogP contribution is -2.24. The number of amides is 1. The first kappa shape index (κ1) is 13.7. The van der Waals surface area contributed by atoms with Crippen molar-refractivity contribution in [2.75, 3.05) is 12.3 Å². The molecule has 3 nitrogen and oxygen atoms in total. The maximum absolute atomic E-state index is 12.0. The molecule has 1 amide bonds. The number of fused-ring (bicyclic) bond motifs is 1. The molecule has 0 aliphatic carbocycles. The van der Waals surface area contributed by atoms with Crippen molar-refractivity contribution in [1.82, 2.24) is 5.32 Å². The van der Waals surface area contributed by atoms with E-state index in [-0.39, 0.29) is 5.91 Å². The SMILES string of the molecule is C#CCCCNC(=O)c1sc2ccc(Cl)cc2c1N. The summed E-state index contributed by atoms with van der Waals surface area (Å²) < 4.78 is 0.954. The molecule has 2 aromatic rings. The number of carbonyl (C=O) groups is 1. The van der Waals surface area contributed by atoms with Crippen LogP contribution < -0.4 is 11.1 Å². The van der Waals surface area contributed by atoms with Gasteiger partial charge in [-0.3, -0.25) is 4.79 Å². The van der Waals surface area contributed by atoms with Crippen LogP contribution in [0.25, 0.3) is 10.1 Å². The van der Waals surface area contributed by atoms with E-state index in [9.17, 15) is 4.79 Å². The molecule has 1 aromatic heterocycles. The normalized spacial score (nSPS) is 10.3. The van der Waals surface area contributed by atoms with E-state index < -0.39 is 0 Å². The minimum Gasteiger partial charge on any atom is -0.397 e. The van der Waals surface area contributed by atoms with Crippen molar-refractivity contribution in [1.29, 1.82) is 0 Å². The fourth-order valence-electron chi connectivity index (χ4n) is 1.73. The Balaban J connectivity index is 2.18. The van der Waals surface area contributed by atoms with E-state index in [0.29, 0.717) is 28.6 Å². The molecule has 0 radical (unpaired) electrons. The lowest BCUT2D eigenvalue weighted by molar-refractivity contribution is 0.0958. The number of hydrogen-bond donors (Lipinski definition) is 2. The van der Waals surface area contributed by atoms with Crippen LogP contribution in [0.4, 0.5) is 5.69 Å². The van der Waals surface area contributed by atoms with Gasteiger partial charge in [0.15, 0.2) is 0 Å². The number of benzene rings is 1. The maximum Gasteiger partial charge on any atom is 0.263 e. The number of anilines is 1. The largest absolute Gasteiger partial charge is 0.397 e. The number of carbonyl (C=O) groups excluding carboxylic acids is 1. The van der Waals surface area contributed by atoms with Gasteiger partial charge in [0.05, 0.1) is 5.69 Å². The quantitative estimate of drug-likeness (QED) is 0.671. The Morgan fingerprint density at radius 3 is 3.05 bits per heavy atom. The second kappa shape index (κ2) is 5.96. The second-order valence-electron chi connectivity index (χ2n) is 4.05. The molecule has 1 heterocycles. The summed E-state index contributed by atoms with van der Waals surface area (Å²) in [6.45, 7) is 0.553. The Morgan fingerprint density at radius 2 is 2.32 bits per heavy atom. The summed E-state index contributed by atoms with van der Waals surface area (Å²) in [6, 6.07) is 5.43. The van der Waals surface area contributed by atoms with E-state index in [4.69, 9.17) is 23.8 Å². The van der Waals surface area contributed by atoms with Gasteiger partial charge in [-0.2, -0.15) is 0 Å².